The highest BCUT2D eigenvalue weighted by molar-refractivity contribution is 9.10. The SMILES string of the molecule is O=C1CC(CCl)CN1c1ncc(Br)nc1Cl. The molecule has 0 N–H and O–H groups in total. The average molecular weight is 325 g/mol. The molecule has 1 aromatic rings. The Bertz CT molecular complexity index is 429. The summed E-state index contributed by atoms with van der Waals surface area (Å²) in [7, 11) is 0. The Morgan fingerprint density at radius 2 is 2.38 bits per heavy atom. The summed E-state index contributed by atoms with van der Waals surface area (Å²) in [5.74, 6) is 1.02. The van der Waals surface area contributed by atoms with Crippen molar-refractivity contribution in [3.8, 4) is 0 Å². The van der Waals surface area contributed by atoms with E-state index in [1.807, 2.05) is 0 Å². The van der Waals surface area contributed by atoms with Gasteiger partial charge in [-0.25, -0.2) is 9.97 Å². The van der Waals surface area contributed by atoms with Crippen LogP contribution in [0.1, 0.15) is 6.42 Å². The molecule has 1 aliphatic rings. The van der Waals surface area contributed by atoms with Gasteiger partial charge in [0, 0.05) is 18.8 Å². The molecule has 7 heteroatoms. The molecule has 1 aliphatic heterocycles. The van der Waals surface area contributed by atoms with E-state index in [0.717, 1.165) is 0 Å². The molecule has 4 nitrogen and oxygen atoms in total. The molecule has 86 valence electrons. The van der Waals surface area contributed by atoms with E-state index < -0.39 is 0 Å². The Balaban J connectivity index is 2.28. The molecule has 0 aliphatic carbocycles. The zero-order chi connectivity index (χ0) is 11.7. The van der Waals surface area contributed by atoms with Gasteiger partial charge in [-0.15, -0.1) is 11.6 Å². The fraction of sp³-hybridized carbons (Fsp3) is 0.444. The van der Waals surface area contributed by atoms with Crippen LogP contribution < -0.4 is 4.90 Å². The van der Waals surface area contributed by atoms with Crippen molar-refractivity contribution >= 4 is 50.9 Å². The standard InChI is InChI=1S/C9H8BrCl2N3O/c10-6-3-13-9(8(12)14-6)15-4-5(2-11)1-7(15)16/h3,5H,1-2,4H2. The summed E-state index contributed by atoms with van der Waals surface area (Å²) in [6.45, 7) is 0.554. The van der Waals surface area contributed by atoms with Gasteiger partial charge in [0.1, 0.15) is 4.60 Å². The van der Waals surface area contributed by atoms with Gasteiger partial charge in [-0.3, -0.25) is 9.69 Å². The third kappa shape index (κ3) is 2.31. The Morgan fingerprint density at radius 3 is 2.94 bits per heavy atom. The molecule has 2 rings (SSSR count). The van der Waals surface area contributed by atoms with Crippen LogP contribution in [0, 0.1) is 5.92 Å². The predicted molar refractivity (Wildman–Crippen MR) is 65.9 cm³/mol. The van der Waals surface area contributed by atoms with Crippen LogP contribution in [0.25, 0.3) is 0 Å². The van der Waals surface area contributed by atoms with Gasteiger partial charge in [-0.1, -0.05) is 11.6 Å². The molecule has 0 bridgehead atoms. The zero-order valence-corrected chi connectivity index (χ0v) is 11.3. The summed E-state index contributed by atoms with van der Waals surface area (Å²) in [6, 6.07) is 0. The lowest BCUT2D eigenvalue weighted by molar-refractivity contribution is -0.117. The van der Waals surface area contributed by atoms with Gasteiger partial charge in [0.2, 0.25) is 5.91 Å². The second-order valence-electron chi connectivity index (χ2n) is 3.54. The van der Waals surface area contributed by atoms with E-state index in [1.54, 1.807) is 0 Å². The fourth-order valence-corrected chi connectivity index (χ4v) is 2.44. The largest absolute Gasteiger partial charge is 0.294 e. The number of halogens is 3. The van der Waals surface area contributed by atoms with Crippen molar-refractivity contribution in [3.05, 3.63) is 16.0 Å². The van der Waals surface area contributed by atoms with Gasteiger partial charge in [0.05, 0.1) is 6.20 Å². The maximum atomic E-state index is 11.7. The molecular weight excluding hydrogens is 317 g/mol. The topological polar surface area (TPSA) is 46.1 Å². The minimum atomic E-state index is -0.0100. The number of rotatable bonds is 2. The van der Waals surface area contributed by atoms with Crippen molar-refractivity contribution in [2.24, 2.45) is 5.92 Å². The normalized spacial score (nSPS) is 20.6. The highest BCUT2D eigenvalue weighted by Gasteiger charge is 2.32. The predicted octanol–water partition coefficient (Wildman–Crippen LogP) is 2.48. The lowest BCUT2D eigenvalue weighted by Crippen LogP contribution is -2.26. The smallest absolute Gasteiger partial charge is 0.228 e. The fourth-order valence-electron chi connectivity index (χ4n) is 1.61. The highest BCUT2D eigenvalue weighted by atomic mass is 79.9. The molecule has 1 saturated heterocycles. The summed E-state index contributed by atoms with van der Waals surface area (Å²) >= 11 is 14.8. The number of aromatic nitrogens is 2. The average Bonchev–Trinajstić information content (AvgIpc) is 2.60. The maximum absolute atomic E-state index is 11.7. The molecule has 1 amide bonds. The lowest BCUT2D eigenvalue weighted by atomic mass is 10.2. The van der Waals surface area contributed by atoms with E-state index in [4.69, 9.17) is 23.2 Å². The van der Waals surface area contributed by atoms with Crippen LogP contribution in [0.3, 0.4) is 0 Å². The van der Waals surface area contributed by atoms with Crippen molar-refractivity contribution in [2.75, 3.05) is 17.3 Å². The maximum Gasteiger partial charge on any atom is 0.228 e. The third-order valence-corrected chi connectivity index (χ3v) is 3.43. The van der Waals surface area contributed by atoms with Crippen LogP contribution in [0.5, 0.6) is 0 Å². The Labute approximate surface area is 111 Å². The minimum absolute atomic E-state index is 0.0100. The molecule has 1 aromatic heterocycles. The monoisotopic (exact) mass is 323 g/mol. The Morgan fingerprint density at radius 1 is 1.62 bits per heavy atom. The molecule has 1 fully saturated rings. The number of carbonyl (C=O) groups excluding carboxylic acids is 1. The first-order valence-electron chi connectivity index (χ1n) is 4.66. The van der Waals surface area contributed by atoms with Gasteiger partial charge in [0.25, 0.3) is 0 Å². The number of anilines is 1. The van der Waals surface area contributed by atoms with Gasteiger partial charge >= 0.3 is 0 Å². The van der Waals surface area contributed by atoms with E-state index in [9.17, 15) is 4.79 Å². The second kappa shape index (κ2) is 4.85. The van der Waals surface area contributed by atoms with Crippen molar-refractivity contribution in [3.63, 3.8) is 0 Å². The second-order valence-corrected chi connectivity index (χ2v) is 5.02. The van der Waals surface area contributed by atoms with Crippen LogP contribution in [0.2, 0.25) is 5.15 Å². The van der Waals surface area contributed by atoms with Crippen LogP contribution >= 0.6 is 39.1 Å². The van der Waals surface area contributed by atoms with E-state index in [2.05, 4.69) is 25.9 Å². The molecule has 2 heterocycles. The van der Waals surface area contributed by atoms with E-state index in [-0.39, 0.29) is 17.0 Å². The third-order valence-electron chi connectivity index (χ3n) is 2.36. The summed E-state index contributed by atoms with van der Waals surface area (Å²) in [4.78, 5) is 21.3. The van der Waals surface area contributed by atoms with Gasteiger partial charge < -0.3 is 0 Å². The first-order valence-corrected chi connectivity index (χ1v) is 6.36. The number of nitrogens with zero attached hydrogens (tertiary/aromatic N) is 3. The minimum Gasteiger partial charge on any atom is -0.294 e. The van der Waals surface area contributed by atoms with E-state index >= 15 is 0 Å². The molecule has 0 aromatic carbocycles. The lowest BCUT2D eigenvalue weighted by Gasteiger charge is -2.15. The molecular formula is C9H8BrCl2N3O. The zero-order valence-electron chi connectivity index (χ0n) is 8.16. The molecule has 1 atom stereocenters. The van der Waals surface area contributed by atoms with Gasteiger partial charge in [0.15, 0.2) is 11.0 Å². The van der Waals surface area contributed by atoms with Crippen molar-refractivity contribution in [2.45, 2.75) is 6.42 Å². The molecule has 0 saturated carbocycles. The Hall–Kier alpha value is -0.390. The van der Waals surface area contributed by atoms with Crippen LogP contribution in [-0.4, -0.2) is 28.3 Å². The summed E-state index contributed by atoms with van der Waals surface area (Å²) < 4.78 is 0.543. The first kappa shape index (κ1) is 12.1. The van der Waals surface area contributed by atoms with Crippen LogP contribution in [0.4, 0.5) is 5.82 Å². The first-order chi connectivity index (χ1) is 7.61. The molecule has 16 heavy (non-hydrogen) atoms. The van der Waals surface area contributed by atoms with Crippen molar-refractivity contribution < 1.29 is 4.79 Å². The van der Waals surface area contributed by atoms with Crippen LogP contribution in [0.15, 0.2) is 10.8 Å². The summed E-state index contributed by atoms with van der Waals surface area (Å²) in [5, 5.41) is 0.220. The number of hydrogen-bond acceptors (Lipinski definition) is 3. The van der Waals surface area contributed by atoms with Crippen molar-refractivity contribution in [1.82, 2.24) is 9.97 Å². The molecule has 1 unspecified atom stereocenters. The molecule has 0 spiro atoms. The van der Waals surface area contributed by atoms with Crippen molar-refractivity contribution in [1.29, 1.82) is 0 Å². The highest BCUT2D eigenvalue weighted by Crippen LogP contribution is 2.29. The molecule has 0 radical (unpaired) electrons. The van der Waals surface area contributed by atoms with E-state index in [1.165, 1.54) is 11.1 Å². The summed E-state index contributed by atoms with van der Waals surface area (Å²) in [6.07, 6.45) is 1.96. The van der Waals surface area contributed by atoms with E-state index in [0.29, 0.717) is 29.3 Å². The number of carbonyl (C=O) groups is 1. The number of hydrogen-bond donors (Lipinski definition) is 0. The number of alkyl halides is 1. The number of amides is 1. The quantitative estimate of drug-likeness (QED) is 0.785. The van der Waals surface area contributed by atoms with Crippen LogP contribution in [-0.2, 0) is 4.79 Å². The summed E-state index contributed by atoms with van der Waals surface area (Å²) in [5.41, 5.74) is 0. The van der Waals surface area contributed by atoms with Gasteiger partial charge in [-0.2, -0.15) is 0 Å². The van der Waals surface area contributed by atoms with Gasteiger partial charge in [-0.05, 0) is 21.8 Å². The Kier molecular flexibility index (Phi) is 3.66.